The number of carbonyl (C=O) groups excluding carboxylic acids is 1. The Labute approximate surface area is 114 Å². The first kappa shape index (κ1) is 13.8. The van der Waals surface area contributed by atoms with Crippen LogP contribution in [0.4, 0.5) is 0 Å². The van der Waals surface area contributed by atoms with Gasteiger partial charge in [-0.2, -0.15) is 5.10 Å². The summed E-state index contributed by atoms with van der Waals surface area (Å²) in [6.07, 6.45) is 1.84. The molecule has 0 N–H and O–H groups in total. The molecule has 0 spiro atoms. The third-order valence-corrected chi connectivity index (χ3v) is 3.31. The molecule has 104 valence electrons. The summed E-state index contributed by atoms with van der Waals surface area (Å²) in [5.41, 5.74) is 0.879. The van der Waals surface area contributed by atoms with E-state index in [4.69, 9.17) is 4.74 Å². The second-order valence-electron chi connectivity index (χ2n) is 5.31. The van der Waals surface area contributed by atoms with Gasteiger partial charge in [0, 0.05) is 37.9 Å². The zero-order chi connectivity index (χ0) is 13.8. The average molecular weight is 263 g/mol. The molecule has 2 rings (SSSR count). The van der Waals surface area contributed by atoms with E-state index >= 15 is 0 Å². The fraction of sp³-hybridized carbons (Fsp3) is 0.643. The summed E-state index contributed by atoms with van der Waals surface area (Å²) in [6.45, 7) is 7.30. The maximum Gasteiger partial charge on any atom is 0.233 e. The predicted octanol–water partition coefficient (Wildman–Crippen LogP) is 1.81. The van der Waals surface area contributed by atoms with Gasteiger partial charge in [-0.1, -0.05) is 13.8 Å². The molecule has 0 atom stereocenters. The molecule has 0 aliphatic carbocycles. The molecule has 1 saturated heterocycles. The Morgan fingerprint density at radius 2 is 2.00 bits per heavy atom. The van der Waals surface area contributed by atoms with E-state index in [1.165, 1.54) is 0 Å². The van der Waals surface area contributed by atoms with E-state index in [-0.39, 0.29) is 17.9 Å². The largest absolute Gasteiger partial charge is 0.473 e. The highest BCUT2D eigenvalue weighted by Gasteiger charge is 2.25. The number of likely N-dealkylation sites (tertiary alicyclic amines) is 1. The van der Waals surface area contributed by atoms with Gasteiger partial charge in [0.2, 0.25) is 11.8 Å². The molecule has 1 aliphatic heterocycles. The van der Waals surface area contributed by atoms with Crippen molar-refractivity contribution in [3.05, 3.63) is 17.8 Å². The van der Waals surface area contributed by atoms with Crippen LogP contribution in [-0.2, 0) is 4.79 Å². The van der Waals surface area contributed by atoms with Crippen LogP contribution >= 0.6 is 0 Å². The summed E-state index contributed by atoms with van der Waals surface area (Å²) >= 11 is 0. The Morgan fingerprint density at radius 3 is 2.53 bits per heavy atom. The van der Waals surface area contributed by atoms with Crippen LogP contribution in [-0.4, -0.2) is 40.2 Å². The van der Waals surface area contributed by atoms with E-state index in [9.17, 15) is 4.79 Å². The van der Waals surface area contributed by atoms with Gasteiger partial charge in [0.15, 0.2) is 0 Å². The highest BCUT2D eigenvalue weighted by atomic mass is 16.5. The van der Waals surface area contributed by atoms with Gasteiger partial charge >= 0.3 is 0 Å². The summed E-state index contributed by atoms with van der Waals surface area (Å²) in [5.74, 6) is 0.869. The molecule has 19 heavy (non-hydrogen) atoms. The molecule has 0 radical (unpaired) electrons. The van der Waals surface area contributed by atoms with E-state index < -0.39 is 0 Å². The highest BCUT2D eigenvalue weighted by molar-refractivity contribution is 5.78. The minimum absolute atomic E-state index is 0.0698. The molecule has 1 aliphatic rings. The van der Waals surface area contributed by atoms with Gasteiger partial charge < -0.3 is 9.64 Å². The van der Waals surface area contributed by atoms with Crippen LogP contribution in [0, 0.1) is 12.8 Å². The van der Waals surface area contributed by atoms with E-state index in [1.54, 1.807) is 0 Å². The fourth-order valence-electron chi connectivity index (χ4n) is 2.18. The topological polar surface area (TPSA) is 55.3 Å². The van der Waals surface area contributed by atoms with Gasteiger partial charge in [-0.15, -0.1) is 5.10 Å². The minimum Gasteiger partial charge on any atom is -0.473 e. The number of nitrogens with zero attached hydrogens (tertiary/aromatic N) is 3. The fourth-order valence-corrected chi connectivity index (χ4v) is 2.18. The van der Waals surface area contributed by atoms with Crippen molar-refractivity contribution in [2.75, 3.05) is 13.1 Å². The molecular weight excluding hydrogens is 242 g/mol. The van der Waals surface area contributed by atoms with Gasteiger partial charge in [0.1, 0.15) is 6.10 Å². The Hall–Kier alpha value is -1.65. The standard InChI is InChI=1S/C14H21N3O2/c1-10(2)14(18)17-8-6-12(7-9-17)19-13-5-4-11(3)15-16-13/h4-5,10,12H,6-9H2,1-3H3. The number of rotatable bonds is 3. The van der Waals surface area contributed by atoms with Crippen molar-refractivity contribution in [2.24, 2.45) is 5.92 Å². The van der Waals surface area contributed by atoms with Gasteiger partial charge in [0.25, 0.3) is 0 Å². The Kier molecular flexibility index (Phi) is 4.35. The number of amides is 1. The number of ether oxygens (including phenoxy) is 1. The molecule has 2 heterocycles. The van der Waals surface area contributed by atoms with Crippen LogP contribution in [0.3, 0.4) is 0 Å². The molecular formula is C14H21N3O2. The lowest BCUT2D eigenvalue weighted by Crippen LogP contribution is -2.43. The van der Waals surface area contributed by atoms with E-state index in [0.717, 1.165) is 31.6 Å². The molecule has 1 aromatic rings. The Bertz CT molecular complexity index is 423. The van der Waals surface area contributed by atoms with Gasteiger partial charge in [-0.25, -0.2) is 0 Å². The van der Waals surface area contributed by atoms with Crippen LogP contribution < -0.4 is 4.74 Å². The number of carbonyl (C=O) groups is 1. The third kappa shape index (κ3) is 3.66. The molecule has 1 fully saturated rings. The maximum atomic E-state index is 11.9. The molecule has 5 nitrogen and oxygen atoms in total. The molecule has 0 bridgehead atoms. The number of piperidine rings is 1. The molecule has 0 saturated carbocycles. The minimum atomic E-state index is 0.0698. The van der Waals surface area contributed by atoms with Crippen molar-refractivity contribution in [3.63, 3.8) is 0 Å². The second-order valence-corrected chi connectivity index (χ2v) is 5.31. The van der Waals surface area contributed by atoms with Crippen molar-refractivity contribution in [1.82, 2.24) is 15.1 Å². The van der Waals surface area contributed by atoms with Crippen molar-refractivity contribution in [1.29, 1.82) is 0 Å². The third-order valence-electron chi connectivity index (χ3n) is 3.31. The Balaban J connectivity index is 1.83. The molecule has 1 aromatic heterocycles. The lowest BCUT2D eigenvalue weighted by molar-refractivity contribution is -0.136. The first-order valence-corrected chi connectivity index (χ1v) is 6.82. The number of hydrogen-bond donors (Lipinski definition) is 0. The maximum absolute atomic E-state index is 11.9. The average Bonchev–Trinajstić information content (AvgIpc) is 2.41. The van der Waals surface area contributed by atoms with Crippen LogP contribution in [0.2, 0.25) is 0 Å². The lowest BCUT2D eigenvalue weighted by atomic mass is 10.1. The first-order chi connectivity index (χ1) is 9.06. The summed E-state index contributed by atoms with van der Waals surface area (Å²) in [7, 11) is 0. The van der Waals surface area contributed by atoms with Crippen molar-refractivity contribution in [3.8, 4) is 5.88 Å². The summed E-state index contributed by atoms with van der Waals surface area (Å²) in [5, 5.41) is 7.97. The van der Waals surface area contributed by atoms with Crippen molar-refractivity contribution in [2.45, 2.75) is 39.7 Å². The monoisotopic (exact) mass is 263 g/mol. The second kappa shape index (κ2) is 5.99. The lowest BCUT2D eigenvalue weighted by Gasteiger charge is -2.32. The molecule has 0 aromatic carbocycles. The van der Waals surface area contributed by atoms with Crippen LogP contribution in [0.5, 0.6) is 5.88 Å². The summed E-state index contributed by atoms with van der Waals surface area (Å²) in [4.78, 5) is 13.8. The molecule has 0 unspecified atom stereocenters. The quantitative estimate of drug-likeness (QED) is 0.834. The number of hydrogen-bond acceptors (Lipinski definition) is 4. The zero-order valence-electron chi connectivity index (χ0n) is 11.8. The van der Waals surface area contributed by atoms with E-state index in [0.29, 0.717) is 5.88 Å². The SMILES string of the molecule is Cc1ccc(OC2CCN(C(=O)C(C)C)CC2)nn1. The summed E-state index contributed by atoms with van der Waals surface area (Å²) < 4.78 is 5.79. The molecule has 1 amide bonds. The van der Waals surface area contributed by atoms with E-state index in [2.05, 4.69) is 10.2 Å². The zero-order valence-corrected chi connectivity index (χ0v) is 11.8. The van der Waals surface area contributed by atoms with Crippen LogP contribution in [0.15, 0.2) is 12.1 Å². The number of aryl methyl sites for hydroxylation is 1. The Morgan fingerprint density at radius 1 is 1.32 bits per heavy atom. The summed E-state index contributed by atoms with van der Waals surface area (Å²) in [6, 6.07) is 3.73. The van der Waals surface area contributed by atoms with Crippen LogP contribution in [0.25, 0.3) is 0 Å². The van der Waals surface area contributed by atoms with Gasteiger partial charge in [-0.05, 0) is 13.0 Å². The van der Waals surface area contributed by atoms with Gasteiger partial charge in [-0.3, -0.25) is 4.79 Å². The van der Waals surface area contributed by atoms with Crippen LogP contribution in [0.1, 0.15) is 32.4 Å². The smallest absolute Gasteiger partial charge is 0.233 e. The number of aromatic nitrogens is 2. The molecule has 5 heteroatoms. The predicted molar refractivity (Wildman–Crippen MR) is 71.8 cm³/mol. The normalized spacial score (nSPS) is 16.7. The van der Waals surface area contributed by atoms with Gasteiger partial charge in [0.05, 0.1) is 5.69 Å². The first-order valence-electron chi connectivity index (χ1n) is 6.82. The van der Waals surface area contributed by atoms with Crippen molar-refractivity contribution < 1.29 is 9.53 Å². The van der Waals surface area contributed by atoms with Crippen molar-refractivity contribution >= 4 is 5.91 Å². The van der Waals surface area contributed by atoms with E-state index in [1.807, 2.05) is 37.8 Å². The highest BCUT2D eigenvalue weighted by Crippen LogP contribution is 2.18.